The van der Waals surface area contributed by atoms with Crippen LogP contribution in [-0.4, -0.2) is 25.1 Å². The van der Waals surface area contributed by atoms with Gasteiger partial charge in [0.2, 0.25) is 0 Å². The molecule has 1 amide bonds. The molecule has 0 N–H and O–H groups in total. The van der Waals surface area contributed by atoms with E-state index in [1.165, 1.54) is 13.2 Å². The number of halogens is 2. The van der Waals surface area contributed by atoms with Crippen molar-refractivity contribution in [2.75, 3.05) is 14.2 Å². The Labute approximate surface area is 139 Å². The third-order valence-electron chi connectivity index (χ3n) is 3.17. The molecule has 0 radical (unpaired) electrons. The zero-order chi connectivity index (χ0) is 16.1. The number of nitrogens with zero attached hydrogens (tertiary/aromatic N) is 1. The van der Waals surface area contributed by atoms with E-state index in [4.69, 9.17) is 28.0 Å². The SMILES string of the molecule is CON(C)C(=O)/C=C(\c1ccccc1)c1ccc(Cl)c(Cl)c1. The van der Waals surface area contributed by atoms with E-state index in [1.807, 2.05) is 36.4 Å². The molecule has 0 saturated carbocycles. The van der Waals surface area contributed by atoms with E-state index in [-0.39, 0.29) is 5.91 Å². The molecule has 0 atom stereocenters. The normalized spacial score (nSPS) is 11.4. The van der Waals surface area contributed by atoms with Gasteiger partial charge in [-0.05, 0) is 28.8 Å². The molecule has 0 unspecified atom stereocenters. The fourth-order valence-corrected chi connectivity index (χ4v) is 2.22. The van der Waals surface area contributed by atoms with Crippen molar-refractivity contribution in [2.45, 2.75) is 0 Å². The maximum Gasteiger partial charge on any atom is 0.270 e. The average Bonchev–Trinajstić information content (AvgIpc) is 2.55. The summed E-state index contributed by atoms with van der Waals surface area (Å²) in [6.07, 6.45) is 1.51. The number of hydrogen-bond acceptors (Lipinski definition) is 2. The highest BCUT2D eigenvalue weighted by atomic mass is 35.5. The van der Waals surface area contributed by atoms with E-state index in [0.717, 1.165) is 21.8 Å². The Morgan fingerprint density at radius 1 is 1.05 bits per heavy atom. The molecular weight excluding hydrogens is 321 g/mol. The van der Waals surface area contributed by atoms with Crippen LogP contribution < -0.4 is 0 Å². The predicted octanol–water partition coefficient (Wildman–Crippen LogP) is 4.44. The summed E-state index contributed by atoms with van der Waals surface area (Å²) in [4.78, 5) is 17.1. The zero-order valence-electron chi connectivity index (χ0n) is 12.2. The van der Waals surface area contributed by atoms with Crippen LogP contribution in [0.5, 0.6) is 0 Å². The van der Waals surface area contributed by atoms with Crippen LogP contribution in [0, 0.1) is 0 Å². The molecule has 22 heavy (non-hydrogen) atoms. The van der Waals surface area contributed by atoms with Gasteiger partial charge in [-0.15, -0.1) is 0 Å². The first-order chi connectivity index (χ1) is 10.5. The summed E-state index contributed by atoms with van der Waals surface area (Å²) in [7, 11) is 2.99. The zero-order valence-corrected chi connectivity index (χ0v) is 13.7. The molecule has 0 aromatic heterocycles. The van der Waals surface area contributed by atoms with E-state index >= 15 is 0 Å². The van der Waals surface area contributed by atoms with Crippen molar-refractivity contribution in [1.82, 2.24) is 5.06 Å². The number of rotatable bonds is 4. The van der Waals surface area contributed by atoms with Crippen LogP contribution in [0.15, 0.2) is 54.6 Å². The van der Waals surface area contributed by atoms with Crippen molar-refractivity contribution in [1.29, 1.82) is 0 Å². The molecule has 0 aliphatic heterocycles. The molecule has 2 aromatic carbocycles. The Morgan fingerprint density at radius 3 is 2.32 bits per heavy atom. The van der Waals surface area contributed by atoms with E-state index in [1.54, 1.807) is 19.2 Å². The van der Waals surface area contributed by atoms with Crippen molar-refractivity contribution in [3.63, 3.8) is 0 Å². The highest BCUT2D eigenvalue weighted by molar-refractivity contribution is 6.42. The number of carbonyl (C=O) groups is 1. The summed E-state index contributed by atoms with van der Waals surface area (Å²) in [5.41, 5.74) is 2.45. The number of carbonyl (C=O) groups excluding carboxylic acids is 1. The van der Waals surface area contributed by atoms with Crippen LogP contribution in [0.1, 0.15) is 11.1 Å². The summed E-state index contributed by atoms with van der Waals surface area (Å²) < 4.78 is 0. The molecule has 0 aliphatic carbocycles. The third kappa shape index (κ3) is 3.89. The van der Waals surface area contributed by atoms with Gasteiger partial charge in [-0.3, -0.25) is 9.63 Å². The lowest BCUT2D eigenvalue weighted by Gasteiger charge is -2.14. The second kappa shape index (κ2) is 7.45. The van der Waals surface area contributed by atoms with E-state index in [0.29, 0.717) is 10.0 Å². The number of amides is 1. The van der Waals surface area contributed by atoms with Crippen LogP contribution in [-0.2, 0) is 9.63 Å². The maximum atomic E-state index is 12.1. The molecule has 0 bridgehead atoms. The van der Waals surface area contributed by atoms with Gasteiger partial charge in [0.15, 0.2) is 0 Å². The quantitative estimate of drug-likeness (QED) is 0.610. The Bertz CT molecular complexity index is 699. The minimum Gasteiger partial charge on any atom is -0.274 e. The van der Waals surface area contributed by atoms with Crippen LogP contribution in [0.4, 0.5) is 0 Å². The van der Waals surface area contributed by atoms with Crippen molar-refractivity contribution in [2.24, 2.45) is 0 Å². The largest absolute Gasteiger partial charge is 0.274 e. The monoisotopic (exact) mass is 335 g/mol. The van der Waals surface area contributed by atoms with Gasteiger partial charge in [-0.1, -0.05) is 59.6 Å². The summed E-state index contributed by atoms with van der Waals surface area (Å²) in [5, 5.41) is 2.06. The van der Waals surface area contributed by atoms with Crippen LogP contribution in [0.2, 0.25) is 10.0 Å². The summed E-state index contributed by atoms with van der Waals surface area (Å²) in [6.45, 7) is 0. The number of hydroxylamine groups is 2. The lowest BCUT2D eigenvalue weighted by atomic mass is 9.97. The van der Waals surface area contributed by atoms with Gasteiger partial charge in [-0.25, -0.2) is 5.06 Å². The smallest absolute Gasteiger partial charge is 0.270 e. The van der Waals surface area contributed by atoms with Crippen LogP contribution in [0.25, 0.3) is 5.57 Å². The molecule has 114 valence electrons. The van der Waals surface area contributed by atoms with Gasteiger partial charge in [0.25, 0.3) is 5.91 Å². The molecule has 0 heterocycles. The molecule has 0 aliphatic rings. The van der Waals surface area contributed by atoms with Crippen LogP contribution in [0.3, 0.4) is 0 Å². The minimum atomic E-state index is -0.271. The topological polar surface area (TPSA) is 29.5 Å². The number of benzene rings is 2. The second-order valence-corrected chi connectivity index (χ2v) is 5.39. The first-order valence-corrected chi connectivity index (χ1v) is 7.33. The van der Waals surface area contributed by atoms with E-state index < -0.39 is 0 Å². The molecule has 5 heteroatoms. The Hall–Kier alpha value is -1.81. The van der Waals surface area contributed by atoms with Gasteiger partial charge in [0.1, 0.15) is 0 Å². The summed E-state index contributed by atoms with van der Waals surface area (Å²) in [6, 6.07) is 14.9. The van der Waals surface area contributed by atoms with Gasteiger partial charge in [0.05, 0.1) is 17.2 Å². The first-order valence-electron chi connectivity index (χ1n) is 6.57. The van der Waals surface area contributed by atoms with Crippen molar-refractivity contribution < 1.29 is 9.63 Å². The van der Waals surface area contributed by atoms with Gasteiger partial charge >= 0.3 is 0 Å². The minimum absolute atomic E-state index is 0.271. The lowest BCUT2D eigenvalue weighted by molar-refractivity contribution is -0.162. The van der Waals surface area contributed by atoms with Crippen molar-refractivity contribution in [3.8, 4) is 0 Å². The standard InChI is InChI=1S/C17H15Cl2NO2/c1-20(22-2)17(21)11-14(12-6-4-3-5-7-12)13-8-9-15(18)16(19)10-13/h3-11H,1-2H3/b14-11+. The Morgan fingerprint density at radius 2 is 1.73 bits per heavy atom. The van der Waals surface area contributed by atoms with Crippen molar-refractivity contribution in [3.05, 3.63) is 75.8 Å². The molecule has 0 fully saturated rings. The Balaban J connectivity index is 2.53. The maximum absolute atomic E-state index is 12.1. The Kier molecular flexibility index (Phi) is 5.61. The fraction of sp³-hybridized carbons (Fsp3) is 0.118. The molecular formula is C17H15Cl2NO2. The predicted molar refractivity (Wildman–Crippen MR) is 89.8 cm³/mol. The summed E-state index contributed by atoms with van der Waals surface area (Å²) >= 11 is 12.1. The van der Waals surface area contributed by atoms with Gasteiger partial charge in [0, 0.05) is 13.1 Å². The van der Waals surface area contributed by atoms with E-state index in [2.05, 4.69) is 0 Å². The molecule has 2 aromatic rings. The first kappa shape index (κ1) is 16.6. The lowest BCUT2D eigenvalue weighted by Crippen LogP contribution is -2.23. The third-order valence-corrected chi connectivity index (χ3v) is 3.91. The second-order valence-electron chi connectivity index (χ2n) is 4.57. The van der Waals surface area contributed by atoms with Crippen molar-refractivity contribution >= 4 is 34.7 Å². The molecule has 2 rings (SSSR count). The number of likely N-dealkylation sites (N-methyl/N-ethyl adjacent to an activating group) is 1. The average molecular weight is 336 g/mol. The van der Waals surface area contributed by atoms with E-state index in [9.17, 15) is 4.79 Å². The summed E-state index contributed by atoms with van der Waals surface area (Å²) in [5.74, 6) is -0.271. The fourth-order valence-electron chi connectivity index (χ4n) is 1.92. The highest BCUT2D eigenvalue weighted by Crippen LogP contribution is 2.29. The number of hydrogen-bond donors (Lipinski definition) is 0. The van der Waals surface area contributed by atoms with Crippen LogP contribution >= 0.6 is 23.2 Å². The molecule has 3 nitrogen and oxygen atoms in total. The molecule has 0 saturated heterocycles. The van der Waals surface area contributed by atoms with Gasteiger partial charge in [-0.2, -0.15) is 0 Å². The highest BCUT2D eigenvalue weighted by Gasteiger charge is 2.12. The van der Waals surface area contributed by atoms with Gasteiger partial charge < -0.3 is 0 Å². The molecule has 0 spiro atoms.